The molecule has 0 heterocycles. The standard InChI is InChI=1S/C12H15BrO2S/c1-3-15-12-6-5-9(13)7-10(12)11(14)8-16-4-2/h5-7H,3-4,8H2,1-2H3. The first-order valence-corrected chi connectivity index (χ1v) is 7.17. The van der Waals surface area contributed by atoms with Gasteiger partial charge in [-0.1, -0.05) is 22.9 Å². The highest BCUT2D eigenvalue weighted by molar-refractivity contribution is 9.10. The third kappa shape index (κ3) is 3.83. The summed E-state index contributed by atoms with van der Waals surface area (Å²) in [6.07, 6.45) is 0. The van der Waals surface area contributed by atoms with E-state index >= 15 is 0 Å². The van der Waals surface area contributed by atoms with Gasteiger partial charge in [0.25, 0.3) is 0 Å². The van der Waals surface area contributed by atoms with E-state index in [2.05, 4.69) is 15.9 Å². The van der Waals surface area contributed by atoms with Crippen LogP contribution in [-0.2, 0) is 0 Å². The first kappa shape index (κ1) is 13.6. The van der Waals surface area contributed by atoms with Crippen LogP contribution in [0.1, 0.15) is 24.2 Å². The third-order valence-electron chi connectivity index (χ3n) is 1.98. The Hall–Kier alpha value is -0.480. The number of halogens is 1. The lowest BCUT2D eigenvalue weighted by atomic mass is 10.1. The Morgan fingerprint density at radius 3 is 2.81 bits per heavy atom. The molecule has 0 aromatic heterocycles. The fraction of sp³-hybridized carbons (Fsp3) is 0.417. The summed E-state index contributed by atoms with van der Waals surface area (Å²) >= 11 is 4.99. The highest BCUT2D eigenvalue weighted by Gasteiger charge is 2.12. The second-order valence-corrected chi connectivity index (χ2v) is 5.32. The molecule has 0 N–H and O–H groups in total. The Labute approximate surface area is 109 Å². The van der Waals surface area contributed by atoms with Gasteiger partial charge in [0.15, 0.2) is 5.78 Å². The van der Waals surface area contributed by atoms with Crippen LogP contribution in [0, 0.1) is 0 Å². The van der Waals surface area contributed by atoms with Crippen molar-refractivity contribution in [2.75, 3.05) is 18.1 Å². The van der Waals surface area contributed by atoms with Crippen molar-refractivity contribution in [2.24, 2.45) is 0 Å². The normalized spacial score (nSPS) is 10.2. The minimum atomic E-state index is 0.122. The molecular weight excluding hydrogens is 288 g/mol. The molecule has 1 aromatic carbocycles. The molecule has 0 fully saturated rings. The average Bonchev–Trinajstić information content (AvgIpc) is 2.28. The molecule has 0 saturated carbocycles. The fourth-order valence-electron chi connectivity index (χ4n) is 1.27. The summed E-state index contributed by atoms with van der Waals surface area (Å²) in [5.74, 6) is 2.25. The smallest absolute Gasteiger partial charge is 0.176 e. The molecule has 0 aliphatic heterocycles. The molecule has 2 nitrogen and oxygen atoms in total. The molecule has 0 spiro atoms. The lowest BCUT2D eigenvalue weighted by Crippen LogP contribution is -2.06. The van der Waals surface area contributed by atoms with Crippen molar-refractivity contribution in [3.8, 4) is 5.75 Å². The van der Waals surface area contributed by atoms with E-state index in [1.165, 1.54) is 0 Å². The second-order valence-electron chi connectivity index (χ2n) is 3.13. The largest absolute Gasteiger partial charge is 0.493 e. The van der Waals surface area contributed by atoms with Crippen LogP contribution in [0.2, 0.25) is 0 Å². The van der Waals surface area contributed by atoms with Crippen LogP contribution in [0.15, 0.2) is 22.7 Å². The molecule has 4 heteroatoms. The number of Topliss-reactive ketones (excluding diaryl/α,β-unsaturated/α-hetero) is 1. The van der Waals surface area contributed by atoms with Gasteiger partial charge in [0.2, 0.25) is 0 Å². The first-order valence-electron chi connectivity index (χ1n) is 5.22. The van der Waals surface area contributed by atoms with Gasteiger partial charge in [-0.3, -0.25) is 4.79 Å². The minimum absolute atomic E-state index is 0.122. The zero-order valence-corrected chi connectivity index (χ0v) is 11.9. The van der Waals surface area contributed by atoms with Crippen LogP contribution in [0.25, 0.3) is 0 Å². The summed E-state index contributed by atoms with van der Waals surface area (Å²) < 4.78 is 6.35. The van der Waals surface area contributed by atoms with Gasteiger partial charge in [-0.15, -0.1) is 0 Å². The number of carbonyl (C=O) groups excluding carboxylic acids is 1. The SMILES string of the molecule is CCOc1ccc(Br)cc1C(=O)CSCC. The second kappa shape index (κ2) is 6.97. The van der Waals surface area contributed by atoms with E-state index in [4.69, 9.17) is 4.74 Å². The Balaban J connectivity index is 2.90. The lowest BCUT2D eigenvalue weighted by molar-refractivity contribution is 0.101. The molecule has 88 valence electrons. The number of ketones is 1. The van der Waals surface area contributed by atoms with Crippen molar-refractivity contribution in [3.05, 3.63) is 28.2 Å². The highest BCUT2D eigenvalue weighted by atomic mass is 79.9. The molecule has 0 saturated heterocycles. The van der Waals surface area contributed by atoms with Crippen LogP contribution in [0.3, 0.4) is 0 Å². The van der Waals surface area contributed by atoms with Crippen molar-refractivity contribution in [1.82, 2.24) is 0 Å². The number of thioether (sulfide) groups is 1. The predicted octanol–water partition coefficient (Wildman–Crippen LogP) is 3.78. The molecule has 0 unspecified atom stereocenters. The Morgan fingerprint density at radius 1 is 1.44 bits per heavy atom. The first-order chi connectivity index (χ1) is 7.69. The van der Waals surface area contributed by atoms with Crippen LogP contribution >= 0.6 is 27.7 Å². The van der Waals surface area contributed by atoms with Crippen molar-refractivity contribution in [3.63, 3.8) is 0 Å². The molecule has 0 aliphatic rings. The van der Waals surface area contributed by atoms with E-state index in [0.29, 0.717) is 23.7 Å². The number of hydrogen-bond donors (Lipinski definition) is 0. The minimum Gasteiger partial charge on any atom is -0.493 e. The van der Waals surface area contributed by atoms with Gasteiger partial charge in [-0.05, 0) is 30.9 Å². The van der Waals surface area contributed by atoms with Crippen LogP contribution < -0.4 is 4.74 Å². The quantitative estimate of drug-likeness (QED) is 0.748. The van der Waals surface area contributed by atoms with Gasteiger partial charge in [-0.2, -0.15) is 11.8 Å². The molecule has 0 radical (unpaired) electrons. The van der Waals surface area contributed by atoms with Crippen LogP contribution in [-0.4, -0.2) is 23.9 Å². The average molecular weight is 303 g/mol. The lowest BCUT2D eigenvalue weighted by Gasteiger charge is -2.09. The topological polar surface area (TPSA) is 26.3 Å². The van der Waals surface area contributed by atoms with E-state index in [-0.39, 0.29) is 5.78 Å². The van der Waals surface area contributed by atoms with Gasteiger partial charge in [-0.25, -0.2) is 0 Å². The molecule has 0 bridgehead atoms. The Morgan fingerprint density at radius 2 is 2.19 bits per heavy atom. The van der Waals surface area contributed by atoms with E-state index in [9.17, 15) is 4.79 Å². The molecule has 0 atom stereocenters. The van der Waals surface area contributed by atoms with Gasteiger partial charge >= 0.3 is 0 Å². The van der Waals surface area contributed by atoms with Gasteiger partial charge in [0.05, 0.1) is 17.9 Å². The molecule has 0 aliphatic carbocycles. The van der Waals surface area contributed by atoms with Gasteiger partial charge in [0, 0.05) is 4.47 Å². The van der Waals surface area contributed by atoms with E-state index in [1.807, 2.05) is 32.0 Å². The maximum absolute atomic E-state index is 11.9. The summed E-state index contributed by atoms with van der Waals surface area (Å²) in [7, 11) is 0. The highest BCUT2D eigenvalue weighted by Crippen LogP contribution is 2.24. The summed E-state index contributed by atoms with van der Waals surface area (Å²) in [5, 5.41) is 0. The number of carbonyl (C=O) groups is 1. The molecular formula is C12H15BrO2S. The molecule has 0 amide bonds. The van der Waals surface area contributed by atoms with E-state index < -0.39 is 0 Å². The maximum atomic E-state index is 11.9. The Kier molecular flexibility index (Phi) is 5.91. The monoisotopic (exact) mass is 302 g/mol. The van der Waals surface area contributed by atoms with Crippen LogP contribution in [0.5, 0.6) is 5.75 Å². The summed E-state index contributed by atoms with van der Waals surface area (Å²) in [4.78, 5) is 11.9. The summed E-state index contributed by atoms with van der Waals surface area (Å²) in [6.45, 7) is 4.53. The van der Waals surface area contributed by atoms with Crippen LogP contribution in [0.4, 0.5) is 0 Å². The van der Waals surface area contributed by atoms with Crippen molar-refractivity contribution in [1.29, 1.82) is 0 Å². The molecule has 16 heavy (non-hydrogen) atoms. The Bertz CT molecular complexity index is 366. The van der Waals surface area contributed by atoms with Crippen molar-refractivity contribution < 1.29 is 9.53 Å². The molecule has 1 rings (SSSR count). The predicted molar refractivity (Wildman–Crippen MR) is 72.6 cm³/mol. The van der Waals surface area contributed by atoms with Crippen molar-refractivity contribution in [2.45, 2.75) is 13.8 Å². The fourth-order valence-corrected chi connectivity index (χ4v) is 2.18. The molecule has 1 aromatic rings. The van der Waals surface area contributed by atoms with Crippen molar-refractivity contribution >= 4 is 33.5 Å². The van der Waals surface area contributed by atoms with E-state index in [0.717, 1.165) is 10.2 Å². The third-order valence-corrected chi connectivity index (χ3v) is 3.35. The zero-order chi connectivity index (χ0) is 12.0. The summed E-state index contributed by atoms with van der Waals surface area (Å²) in [5.41, 5.74) is 0.664. The van der Waals surface area contributed by atoms with Gasteiger partial charge in [0.1, 0.15) is 5.75 Å². The summed E-state index contributed by atoms with van der Waals surface area (Å²) in [6, 6.07) is 5.54. The number of benzene rings is 1. The maximum Gasteiger partial charge on any atom is 0.176 e. The van der Waals surface area contributed by atoms with Gasteiger partial charge < -0.3 is 4.74 Å². The van der Waals surface area contributed by atoms with E-state index in [1.54, 1.807) is 11.8 Å². The number of rotatable bonds is 6. The zero-order valence-electron chi connectivity index (χ0n) is 9.46. The number of hydrogen-bond acceptors (Lipinski definition) is 3. The number of ether oxygens (including phenoxy) is 1.